The van der Waals surface area contributed by atoms with Crippen LogP contribution in [0.15, 0.2) is 24.3 Å². The molecule has 3 nitrogen and oxygen atoms in total. The maximum Gasteiger partial charge on any atom is 0.233 e. The van der Waals surface area contributed by atoms with Crippen LogP contribution < -0.4 is 10.6 Å². The molecule has 0 radical (unpaired) electrons. The highest BCUT2D eigenvalue weighted by Crippen LogP contribution is 2.27. The van der Waals surface area contributed by atoms with Crippen molar-refractivity contribution in [2.24, 2.45) is 5.92 Å². The van der Waals surface area contributed by atoms with Gasteiger partial charge in [0.05, 0.1) is 6.54 Å². The summed E-state index contributed by atoms with van der Waals surface area (Å²) in [6.45, 7) is 7.51. The summed E-state index contributed by atoms with van der Waals surface area (Å²) in [5.74, 6) is 0.821. The van der Waals surface area contributed by atoms with Gasteiger partial charge >= 0.3 is 0 Å². The predicted octanol–water partition coefficient (Wildman–Crippen LogP) is 2.35. The van der Waals surface area contributed by atoms with Crippen LogP contribution in [0.3, 0.4) is 0 Å². The van der Waals surface area contributed by atoms with Crippen molar-refractivity contribution < 1.29 is 4.79 Å². The molecule has 0 saturated heterocycles. The van der Waals surface area contributed by atoms with Crippen molar-refractivity contribution in [2.75, 3.05) is 13.1 Å². The molecular weight excluding hydrogens is 236 g/mol. The lowest BCUT2D eigenvalue weighted by Crippen LogP contribution is -2.43. The first-order valence-corrected chi connectivity index (χ1v) is 7.06. The molecule has 0 unspecified atom stereocenters. The highest BCUT2D eigenvalue weighted by atomic mass is 16.1. The van der Waals surface area contributed by atoms with Gasteiger partial charge in [-0.3, -0.25) is 10.1 Å². The molecule has 1 aromatic rings. The van der Waals surface area contributed by atoms with Crippen molar-refractivity contribution in [2.45, 2.75) is 39.2 Å². The molecule has 1 fully saturated rings. The van der Waals surface area contributed by atoms with Crippen molar-refractivity contribution >= 4 is 5.91 Å². The van der Waals surface area contributed by atoms with E-state index in [0.29, 0.717) is 6.54 Å². The highest BCUT2D eigenvalue weighted by Gasteiger charge is 2.23. The number of carbonyl (C=O) groups is 1. The first kappa shape index (κ1) is 14.1. The van der Waals surface area contributed by atoms with Crippen LogP contribution in [0.2, 0.25) is 0 Å². The lowest BCUT2D eigenvalue weighted by Gasteiger charge is -2.27. The molecule has 1 saturated carbocycles. The number of benzene rings is 1. The standard InChI is InChI=1S/C16H24N2O/c1-12-5-4-6-14(9-12)16(2,3)18-11-15(19)17-10-13-7-8-13/h4-6,9,13,18H,7-8,10-11H2,1-3H3,(H,17,19). The molecule has 1 aliphatic carbocycles. The van der Waals surface area contributed by atoms with Gasteiger partial charge < -0.3 is 5.32 Å². The Morgan fingerprint density at radius 3 is 2.74 bits per heavy atom. The fourth-order valence-corrected chi connectivity index (χ4v) is 2.08. The Labute approximate surface area is 115 Å². The lowest BCUT2D eigenvalue weighted by molar-refractivity contribution is -0.120. The van der Waals surface area contributed by atoms with E-state index in [2.05, 4.69) is 55.7 Å². The number of rotatable bonds is 6. The highest BCUT2D eigenvalue weighted by molar-refractivity contribution is 5.78. The fraction of sp³-hybridized carbons (Fsp3) is 0.562. The quantitative estimate of drug-likeness (QED) is 0.824. The van der Waals surface area contributed by atoms with Gasteiger partial charge in [-0.25, -0.2) is 0 Å². The van der Waals surface area contributed by atoms with Gasteiger partial charge in [-0.1, -0.05) is 29.8 Å². The molecule has 104 valence electrons. The minimum atomic E-state index is -0.192. The van der Waals surface area contributed by atoms with Gasteiger partial charge in [0.25, 0.3) is 0 Å². The summed E-state index contributed by atoms with van der Waals surface area (Å²) >= 11 is 0. The van der Waals surface area contributed by atoms with Crippen LogP contribution in [-0.4, -0.2) is 19.0 Å². The van der Waals surface area contributed by atoms with E-state index in [0.717, 1.165) is 12.5 Å². The van der Waals surface area contributed by atoms with Crippen LogP contribution >= 0.6 is 0 Å². The molecule has 0 spiro atoms. The number of hydrogen-bond acceptors (Lipinski definition) is 2. The van der Waals surface area contributed by atoms with Crippen molar-refractivity contribution in [3.63, 3.8) is 0 Å². The molecule has 1 amide bonds. The van der Waals surface area contributed by atoms with Gasteiger partial charge in [0.1, 0.15) is 0 Å². The summed E-state index contributed by atoms with van der Waals surface area (Å²) < 4.78 is 0. The largest absolute Gasteiger partial charge is 0.355 e. The van der Waals surface area contributed by atoms with E-state index in [9.17, 15) is 4.79 Å². The van der Waals surface area contributed by atoms with Gasteiger partial charge in [-0.05, 0) is 45.1 Å². The summed E-state index contributed by atoms with van der Waals surface area (Å²) in [5, 5.41) is 6.31. The Morgan fingerprint density at radius 2 is 2.11 bits per heavy atom. The first-order chi connectivity index (χ1) is 8.97. The van der Waals surface area contributed by atoms with E-state index in [1.54, 1.807) is 0 Å². The number of carbonyl (C=O) groups excluding carboxylic acids is 1. The lowest BCUT2D eigenvalue weighted by atomic mass is 9.93. The summed E-state index contributed by atoms with van der Waals surface area (Å²) in [4.78, 5) is 11.7. The molecule has 0 aliphatic heterocycles. The fourth-order valence-electron chi connectivity index (χ4n) is 2.08. The normalized spacial score (nSPS) is 15.3. The number of amides is 1. The minimum Gasteiger partial charge on any atom is -0.355 e. The molecule has 0 atom stereocenters. The van der Waals surface area contributed by atoms with Crippen LogP contribution in [0, 0.1) is 12.8 Å². The predicted molar refractivity (Wildman–Crippen MR) is 77.9 cm³/mol. The van der Waals surface area contributed by atoms with Gasteiger partial charge in [0.2, 0.25) is 5.91 Å². The Morgan fingerprint density at radius 1 is 1.37 bits per heavy atom. The first-order valence-electron chi connectivity index (χ1n) is 7.06. The van der Waals surface area contributed by atoms with Gasteiger partial charge in [-0.15, -0.1) is 0 Å². The zero-order valence-electron chi connectivity index (χ0n) is 12.1. The van der Waals surface area contributed by atoms with E-state index in [1.807, 2.05) is 0 Å². The Balaban J connectivity index is 1.84. The Kier molecular flexibility index (Phi) is 4.25. The van der Waals surface area contributed by atoms with Crippen molar-refractivity contribution in [1.82, 2.24) is 10.6 Å². The third-order valence-corrected chi connectivity index (χ3v) is 3.72. The second-order valence-electron chi connectivity index (χ2n) is 6.10. The van der Waals surface area contributed by atoms with Crippen LogP contribution in [0.25, 0.3) is 0 Å². The van der Waals surface area contributed by atoms with E-state index < -0.39 is 0 Å². The van der Waals surface area contributed by atoms with Crippen molar-refractivity contribution in [1.29, 1.82) is 0 Å². The second-order valence-corrected chi connectivity index (χ2v) is 6.10. The SMILES string of the molecule is Cc1cccc(C(C)(C)NCC(=O)NCC2CC2)c1. The molecule has 2 N–H and O–H groups in total. The average Bonchev–Trinajstić information content (AvgIpc) is 3.18. The van der Waals surface area contributed by atoms with E-state index in [4.69, 9.17) is 0 Å². The second kappa shape index (κ2) is 5.74. The van der Waals surface area contributed by atoms with Crippen molar-refractivity contribution in [3.05, 3.63) is 35.4 Å². The van der Waals surface area contributed by atoms with E-state index >= 15 is 0 Å². The van der Waals surface area contributed by atoms with Crippen LogP contribution in [0.1, 0.15) is 37.8 Å². The third kappa shape index (κ3) is 4.35. The molecule has 2 rings (SSSR count). The monoisotopic (exact) mass is 260 g/mol. The Hall–Kier alpha value is -1.35. The number of hydrogen-bond donors (Lipinski definition) is 2. The summed E-state index contributed by atoms with van der Waals surface area (Å²) in [6, 6.07) is 8.40. The van der Waals surface area contributed by atoms with Gasteiger partial charge in [-0.2, -0.15) is 0 Å². The molecule has 3 heteroatoms. The molecule has 1 aromatic carbocycles. The zero-order chi connectivity index (χ0) is 13.9. The molecule has 0 bridgehead atoms. The van der Waals surface area contributed by atoms with E-state index in [1.165, 1.54) is 24.0 Å². The van der Waals surface area contributed by atoms with Crippen LogP contribution in [0.4, 0.5) is 0 Å². The minimum absolute atomic E-state index is 0.0904. The molecule has 0 heterocycles. The van der Waals surface area contributed by atoms with E-state index in [-0.39, 0.29) is 11.4 Å². The zero-order valence-corrected chi connectivity index (χ0v) is 12.1. The average molecular weight is 260 g/mol. The van der Waals surface area contributed by atoms with Crippen LogP contribution in [-0.2, 0) is 10.3 Å². The molecular formula is C16H24N2O. The molecule has 0 aromatic heterocycles. The summed E-state index contributed by atoms with van der Waals surface area (Å²) in [5.41, 5.74) is 2.26. The number of nitrogens with one attached hydrogen (secondary N) is 2. The van der Waals surface area contributed by atoms with Gasteiger partial charge in [0, 0.05) is 12.1 Å². The van der Waals surface area contributed by atoms with Crippen molar-refractivity contribution in [3.8, 4) is 0 Å². The Bertz CT molecular complexity index is 450. The number of aryl methyl sites for hydroxylation is 1. The maximum absolute atomic E-state index is 11.7. The topological polar surface area (TPSA) is 41.1 Å². The summed E-state index contributed by atoms with van der Waals surface area (Å²) in [6.07, 6.45) is 2.53. The van der Waals surface area contributed by atoms with Gasteiger partial charge in [0.15, 0.2) is 0 Å². The summed E-state index contributed by atoms with van der Waals surface area (Å²) in [7, 11) is 0. The molecule has 19 heavy (non-hydrogen) atoms. The van der Waals surface area contributed by atoms with Crippen LogP contribution in [0.5, 0.6) is 0 Å². The third-order valence-electron chi connectivity index (χ3n) is 3.72. The smallest absolute Gasteiger partial charge is 0.233 e. The maximum atomic E-state index is 11.7. The molecule has 1 aliphatic rings.